The van der Waals surface area contributed by atoms with Gasteiger partial charge < -0.3 is 9.47 Å². The Morgan fingerprint density at radius 3 is 3.00 bits per heavy atom. The van der Waals surface area contributed by atoms with Crippen LogP contribution in [0.2, 0.25) is 0 Å². The van der Waals surface area contributed by atoms with Crippen LogP contribution >= 0.6 is 0 Å². The van der Waals surface area contributed by atoms with Crippen LogP contribution in [-0.2, 0) is 9.47 Å². The molecule has 0 radical (unpaired) electrons. The number of piperidine rings is 1. The Bertz CT molecular complexity index is 172. The molecule has 1 heterocycles. The topological polar surface area (TPSA) is 47.6 Å². The molecule has 1 N–H and O–H groups in total. The summed E-state index contributed by atoms with van der Waals surface area (Å²) in [4.78, 5) is 10.9. The molecule has 0 aliphatic carbocycles. The van der Waals surface area contributed by atoms with Gasteiger partial charge in [0, 0.05) is 6.42 Å². The quantitative estimate of drug-likeness (QED) is 0.665. The highest BCUT2D eigenvalue weighted by Crippen LogP contribution is 2.15. The lowest BCUT2D eigenvalue weighted by Gasteiger charge is -2.27. The molecule has 2 unspecified atom stereocenters. The Balaban J connectivity index is 2.23. The normalized spacial score (nSPS) is 28.2. The fraction of sp³-hybridized carbons (Fsp3) is 0.889. The van der Waals surface area contributed by atoms with Crippen LogP contribution in [-0.4, -0.2) is 25.5 Å². The van der Waals surface area contributed by atoms with Gasteiger partial charge in [-0.3, -0.25) is 5.32 Å². The van der Waals surface area contributed by atoms with E-state index in [0.717, 1.165) is 19.4 Å². The van der Waals surface area contributed by atoms with E-state index in [1.165, 1.54) is 0 Å². The van der Waals surface area contributed by atoms with E-state index in [-0.39, 0.29) is 6.23 Å². The zero-order valence-corrected chi connectivity index (χ0v) is 8.21. The maximum Gasteiger partial charge on any atom is 0.509 e. The van der Waals surface area contributed by atoms with E-state index in [2.05, 4.69) is 17.0 Å². The summed E-state index contributed by atoms with van der Waals surface area (Å²) >= 11 is 0. The van der Waals surface area contributed by atoms with Gasteiger partial charge in [0.2, 0.25) is 0 Å². The smallest absolute Gasteiger partial charge is 0.435 e. The van der Waals surface area contributed by atoms with Crippen molar-refractivity contribution in [2.75, 3.05) is 13.2 Å². The van der Waals surface area contributed by atoms with E-state index < -0.39 is 6.16 Å². The van der Waals surface area contributed by atoms with Crippen molar-refractivity contribution in [2.45, 2.75) is 32.9 Å². The predicted molar refractivity (Wildman–Crippen MR) is 48.3 cm³/mol. The van der Waals surface area contributed by atoms with Crippen molar-refractivity contribution >= 4 is 6.16 Å². The lowest BCUT2D eigenvalue weighted by Crippen LogP contribution is -2.40. The summed E-state index contributed by atoms with van der Waals surface area (Å²) in [6.07, 6.45) is 1.28. The van der Waals surface area contributed by atoms with Crippen LogP contribution in [0.15, 0.2) is 0 Å². The zero-order chi connectivity index (χ0) is 9.68. The van der Waals surface area contributed by atoms with Crippen molar-refractivity contribution < 1.29 is 14.3 Å². The molecule has 1 aliphatic rings. The van der Waals surface area contributed by atoms with Crippen LogP contribution in [0.3, 0.4) is 0 Å². The van der Waals surface area contributed by atoms with Crippen LogP contribution in [0.1, 0.15) is 26.7 Å². The van der Waals surface area contributed by atoms with Crippen molar-refractivity contribution in [1.29, 1.82) is 0 Å². The molecule has 13 heavy (non-hydrogen) atoms. The Kier molecular flexibility index (Phi) is 4.02. The lowest BCUT2D eigenvalue weighted by molar-refractivity contribution is -0.00299. The third-order valence-electron chi connectivity index (χ3n) is 2.13. The SMILES string of the molecule is CCOC(=O)OC1CC(C)CCN1. The van der Waals surface area contributed by atoms with E-state index in [4.69, 9.17) is 4.74 Å². The lowest BCUT2D eigenvalue weighted by atomic mass is 9.99. The molecular weight excluding hydrogens is 170 g/mol. The summed E-state index contributed by atoms with van der Waals surface area (Å²) in [6.45, 7) is 5.19. The molecule has 0 aromatic heterocycles. The third-order valence-corrected chi connectivity index (χ3v) is 2.13. The second-order valence-electron chi connectivity index (χ2n) is 3.37. The van der Waals surface area contributed by atoms with E-state index in [1.54, 1.807) is 6.92 Å². The van der Waals surface area contributed by atoms with Crippen molar-refractivity contribution in [2.24, 2.45) is 5.92 Å². The second-order valence-corrected chi connectivity index (χ2v) is 3.37. The number of hydrogen-bond donors (Lipinski definition) is 1. The molecule has 1 rings (SSSR count). The summed E-state index contributed by atoms with van der Waals surface area (Å²) < 4.78 is 9.71. The molecule has 0 amide bonds. The van der Waals surface area contributed by atoms with Crippen molar-refractivity contribution in [3.63, 3.8) is 0 Å². The highest BCUT2D eigenvalue weighted by molar-refractivity contribution is 5.59. The van der Waals surface area contributed by atoms with Gasteiger partial charge in [-0.2, -0.15) is 0 Å². The molecule has 76 valence electrons. The Hall–Kier alpha value is -0.770. The summed E-state index contributed by atoms with van der Waals surface area (Å²) in [5.74, 6) is 0.612. The molecule has 4 nitrogen and oxygen atoms in total. The van der Waals surface area contributed by atoms with E-state index in [9.17, 15) is 4.79 Å². The van der Waals surface area contributed by atoms with Crippen molar-refractivity contribution in [1.82, 2.24) is 5.32 Å². The third kappa shape index (κ3) is 3.63. The minimum Gasteiger partial charge on any atom is -0.435 e. The molecule has 0 aromatic rings. The number of nitrogens with one attached hydrogen (secondary N) is 1. The molecular formula is C9H17NO3. The first-order chi connectivity index (χ1) is 6.22. The van der Waals surface area contributed by atoms with Gasteiger partial charge in [-0.05, 0) is 25.8 Å². The molecule has 1 fully saturated rings. The van der Waals surface area contributed by atoms with Gasteiger partial charge in [-0.25, -0.2) is 4.79 Å². The van der Waals surface area contributed by atoms with Gasteiger partial charge >= 0.3 is 6.16 Å². The molecule has 1 saturated heterocycles. The number of rotatable bonds is 2. The average molecular weight is 187 g/mol. The van der Waals surface area contributed by atoms with Gasteiger partial charge in [-0.1, -0.05) is 6.92 Å². The molecule has 0 aromatic carbocycles. The van der Waals surface area contributed by atoms with Crippen molar-refractivity contribution in [3.8, 4) is 0 Å². The average Bonchev–Trinajstić information content (AvgIpc) is 2.04. The summed E-state index contributed by atoms with van der Waals surface area (Å²) in [5.41, 5.74) is 0. The highest BCUT2D eigenvalue weighted by atomic mass is 16.7. The summed E-state index contributed by atoms with van der Waals surface area (Å²) in [6, 6.07) is 0. The Morgan fingerprint density at radius 2 is 2.38 bits per heavy atom. The fourth-order valence-electron chi connectivity index (χ4n) is 1.42. The van der Waals surface area contributed by atoms with Crippen LogP contribution in [0, 0.1) is 5.92 Å². The van der Waals surface area contributed by atoms with Crippen molar-refractivity contribution in [3.05, 3.63) is 0 Å². The Labute approximate surface area is 78.6 Å². The minimum atomic E-state index is -0.575. The zero-order valence-electron chi connectivity index (χ0n) is 8.21. The largest absolute Gasteiger partial charge is 0.509 e. The molecule has 0 bridgehead atoms. The first kappa shape index (κ1) is 10.3. The standard InChI is InChI=1S/C9H17NO3/c1-3-12-9(11)13-8-6-7(2)4-5-10-8/h7-8,10H,3-6H2,1-2H3. The van der Waals surface area contributed by atoms with Gasteiger partial charge in [0.25, 0.3) is 0 Å². The number of hydrogen-bond acceptors (Lipinski definition) is 4. The summed E-state index contributed by atoms with van der Waals surface area (Å²) in [7, 11) is 0. The first-order valence-electron chi connectivity index (χ1n) is 4.79. The first-order valence-corrected chi connectivity index (χ1v) is 4.79. The van der Waals surface area contributed by atoms with Gasteiger partial charge in [0.05, 0.1) is 6.61 Å². The monoisotopic (exact) mass is 187 g/mol. The second kappa shape index (κ2) is 5.07. The van der Waals surface area contributed by atoms with Crippen LogP contribution in [0.4, 0.5) is 4.79 Å². The van der Waals surface area contributed by atoms with Gasteiger partial charge in [-0.15, -0.1) is 0 Å². The number of ether oxygens (including phenoxy) is 2. The van der Waals surface area contributed by atoms with Crippen LogP contribution in [0.5, 0.6) is 0 Å². The number of carbonyl (C=O) groups excluding carboxylic acids is 1. The molecule has 0 spiro atoms. The molecule has 1 aliphatic heterocycles. The summed E-state index contributed by atoms with van der Waals surface area (Å²) in [5, 5.41) is 3.12. The van der Waals surface area contributed by atoms with E-state index >= 15 is 0 Å². The molecule has 0 saturated carbocycles. The van der Waals surface area contributed by atoms with E-state index in [1.807, 2.05) is 0 Å². The molecule has 4 heteroatoms. The molecule has 2 atom stereocenters. The Morgan fingerprint density at radius 1 is 1.62 bits per heavy atom. The fourth-order valence-corrected chi connectivity index (χ4v) is 1.42. The maximum absolute atomic E-state index is 10.9. The van der Waals surface area contributed by atoms with Crippen LogP contribution in [0.25, 0.3) is 0 Å². The number of carbonyl (C=O) groups is 1. The predicted octanol–water partition coefficient (Wildman–Crippen LogP) is 1.51. The maximum atomic E-state index is 10.9. The van der Waals surface area contributed by atoms with Gasteiger partial charge in [0.1, 0.15) is 0 Å². The minimum absolute atomic E-state index is 0.164. The highest BCUT2D eigenvalue weighted by Gasteiger charge is 2.21. The van der Waals surface area contributed by atoms with Gasteiger partial charge in [0.15, 0.2) is 6.23 Å². The van der Waals surface area contributed by atoms with Crippen LogP contribution < -0.4 is 5.32 Å². The van der Waals surface area contributed by atoms with E-state index in [0.29, 0.717) is 12.5 Å².